The van der Waals surface area contributed by atoms with Gasteiger partial charge in [0, 0.05) is 29.0 Å². The second-order valence-corrected chi connectivity index (χ2v) is 7.42. The topological polar surface area (TPSA) is 84.1 Å². The molecule has 0 aliphatic carbocycles. The number of nitrogens with zero attached hydrogens (tertiary/aromatic N) is 3. The van der Waals surface area contributed by atoms with Crippen LogP contribution in [0.3, 0.4) is 0 Å². The summed E-state index contributed by atoms with van der Waals surface area (Å²) < 4.78 is 13.7. The van der Waals surface area contributed by atoms with Gasteiger partial charge in [-0.3, -0.25) is 9.88 Å². The van der Waals surface area contributed by atoms with E-state index in [0.29, 0.717) is 16.5 Å². The van der Waals surface area contributed by atoms with E-state index >= 15 is 0 Å². The number of hydrogen-bond donors (Lipinski definition) is 2. The number of halogens is 1. The van der Waals surface area contributed by atoms with Gasteiger partial charge in [0.1, 0.15) is 5.82 Å². The van der Waals surface area contributed by atoms with Crippen molar-refractivity contribution < 1.29 is 9.18 Å². The lowest BCUT2D eigenvalue weighted by Crippen LogP contribution is -2.31. The van der Waals surface area contributed by atoms with E-state index < -0.39 is 11.8 Å². The Balaban J connectivity index is 1.65. The third kappa shape index (κ3) is 4.13. The van der Waals surface area contributed by atoms with Crippen molar-refractivity contribution in [2.24, 2.45) is 5.73 Å². The van der Waals surface area contributed by atoms with E-state index in [0.717, 1.165) is 22.5 Å². The molecule has 6 nitrogen and oxygen atoms in total. The van der Waals surface area contributed by atoms with E-state index in [1.807, 2.05) is 30.5 Å². The third-order valence-electron chi connectivity index (χ3n) is 4.47. The number of pyridine rings is 1. The first-order valence-corrected chi connectivity index (χ1v) is 9.98. The number of carbonyl (C=O) groups is 1. The predicted molar refractivity (Wildman–Crippen MR) is 118 cm³/mol. The Hall–Kier alpha value is -3.78. The Bertz CT molecular complexity index is 1200. The lowest BCUT2D eigenvalue weighted by molar-refractivity contribution is 0.256. The van der Waals surface area contributed by atoms with E-state index in [4.69, 9.17) is 5.73 Å². The average Bonchev–Trinajstić information content (AvgIpc) is 3.20. The van der Waals surface area contributed by atoms with Gasteiger partial charge in [-0.1, -0.05) is 12.1 Å². The van der Waals surface area contributed by atoms with Crippen LogP contribution in [0.1, 0.15) is 5.56 Å². The number of nitrogens with one attached hydrogen (secondary N) is 1. The maximum atomic E-state index is 13.7. The quantitative estimate of drug-likeness (QED) is 0.440. The molecule has 8 heteroatoms. The Labute approximate surface area is 176 Å². The molecule has 0 spiro atoms. The zero-order valence-electron chi connectivity index (χ0n) is 16.0. The van der Waals surface area contributed by atoms with Gasteiger partial charge in [-0.2, -0.15) is 0 Å². The number of thiazole rings is 1. The first-order valence-electron chi connectivity index (χ1n) is 9.10. The van der Waals surface area contributed by atoms with Crippen LogP contribution < -0.4 is 16.0 Å². The molecule has 150 valence electrons. The molecule has 2 aromatic carbocycles. The van der Waals surface area contributed by atoms with Crippen LogP contribution in [-0.2, 0) is 0 Å². The average molecular weight is 419 g/mol. The molecule has 2 aromatic heterocycles. The molecule has 2 amide bonds. The Kier molecular flexibility index (Phi) is 5.40. The molecule has 0 radical (unpaired) electrons. The molecule has 0 saturated carbocycles. The fourth-order valence-corrected chi connectivity index (χ4v) is 3.73. The van der Waals surface area contributed by atoms with E-state index in [1.165, 1.54) is 34.4 Å². The molecule has 3 N–H and O–H groups in total. The van der Waals surface area contributed by atoms with Gasteiger partial charge in [-0.25, -0.2) is 14.2 Å². The van der Waals surface area contributed by atoms with E-state index in [-0.39, 0.29) is 0 Å². The van der Waals surface area contributed by atoms with E-state index in [9.17, 15) is 9.18 Å². The number of rotatable bonds is 5. The summed E-state index contributed by atoms with van der Waals surface area (Å²) in [6.07, 6.45) is 3.47. The molecule has 4 rings (SSSR count). The Morgan fingerprint density at radius 3 is 2.70 bits per heavy atom. The van der Waals surface area contributed by atoms with Crippen LogP contribution in [-0.4, -0.2) is 16.0 Å². The smallest absolute Gasteiger partial charge is 0.323 e. The van der Waals surface area contributed by atoms with Crippen molar-refractivity contribution in [2.75, 3.05) is 10.2 Å². The fourth-order valence-electron chi connectivity index (χ4n) is 3.00. The zero-order valence-corrected chi connectivity index (χ0v) is 16.9. The van der Waals surface area contributed by atoms with Crippen molar-refractivity contribution in [3.05, 3.63) is 83.8 Å². The van der Waals surface area contributed by atoms with Gasteiger partial charge in [0.25, 0.3) is 0 Å². The summed E-state index contributed by atoms with van der Waals surface area (Å²) in [5.41, 5.74) is 9.93. The number of aromatic nitrogens is 2. The van der Waals surface area contributed by atoms with Crippen LogP contribution in [0.4, 0.5) is 31.4 Å². The van der Waals surface area contributed by atoms with Gasteiger partial charge >= 0.3 is 6.03 Å². The first-order chi connectivity index (χ1) is 14.5. The van der Waals surface area contributed by atoms with Crippen molar-refractivity contribution in [3.8, 4) is 11.3 Å². The van der Waals surface area contributed by atoms with Crippen LogP contribution in [0.5, 0.6) is 0 Å². The molecule has 2 heterocycles. The standard InChI is InChI=1S/C22H18FN5OS/c1-14-7-8-18(28(21(24)29)17-6-2-5-16(23)10-17)11-19(14)26-22-27-20(13-30-22)15-4-3-9-25-12-15/h2-13H,1H3,(H2,24,29)(H,26,27). The summed E-state index contributed by atoms with van der Waals surface area (Å²) in [7, 11) is 0. The van der Waals surface area contributed by atoms with Crippen LogP contribution in [0.15, 0.2) is 72.4 Å². The molecule has 30 heavy (non-hydrogen) atoms. The molecule has 0 saturated heterocycles. The SMILES string of the molecule is Cc1ccc(N(C(N)=O)c2cccc(F)c2)cc1Nc1nc(-c2cccnc2)cs1. The number of hydrogen-bond acceptors (Lipinski definition) is 5. The zero-order chi connectivity index (χ0) is 21.1. The van der Waals surface area contributed by atoms with Crippen molar-refractivity contribution in [2.45, 2.75) is 6.92 Å². The maximum absolute atomic E-state index is 13.7. The van der Waals surface area contributed by atoms with Crippen LogP contribution >= 0.6 is 11.3 Å². The summed E-state index contributed by atoms with van der Waals surface area (Å²) in [6, 6.07) is 14.2. The van der Waals surface area contributed by atoms with Crippen LogP contribution in [0.2, 0.25) is 0 Å². The van der Waals surface area contributed by atoms with Gasteiger partial charge in [-0.15, -0.1) is 11.3 Å². The fraction of sp³-hybridized carbons (Fsp3) is 0.0455. The minimum absolute atomic E-state index is 0.352. The normalized spacial score (nSPS) is 10.6. The summed E-state index contributed by atoms with van der Waals surface area (Å²) in [4.78, 5) is 22.1. The van der Waals surface area contributed by atoms with Crippen molar-refractivity contribution in [1.29, 1.82) is 0 Å². The first kappa shape index (κ1) is 19.5. The number of nitrogens with two attached hydrogens (primary N) is 1. The minimum atomic E-state index is -0.705. The molecular weight excluding hydrogens is 401 g/mol. The minimum Gasteiger partial charge on any atom is -0.351 e. The summed E-state index contributed by atoms with van der Waals surface area (Å²) in [5, 5.41) is 5.94. The predicted octanol–water partition coefficient (Wildman–Crippen LogP) is 5.61. The second-order valence-electron chi connectivity index (χ2n) is 6.56. The monoisotopic (exact) mass is 419 g/mol. The number of primary amides is 1. The van der Waals surface area contributed by atoms with Crippen molar-refractivity contribution in [1.82, 2.24) is 9.97 Å². The molecule has 0 aliphatic rings. The van der Waals surface area contributed by atoms with Crippen LogP contribution in [0.25, 0.3) is 11.3 Å². The Morgan fingerprint density at radius 1 is 1.13 bits per heavy atom. The summed E-state index contributed by atoms with van der Waals surface area (Å²) >= 11 is 1.46. The highest BCUT2D eigenvalue weighted by molar-refractivity contribution is 7.14. The Morgan fingerprint density at radius 2 is 1.97 bits per heavy atom. The van der Waals surface area contributed by atoms with Gasteiger partial charge in [-0.05, 0) is 55.0 Å². The van der Waals surface area contributed by atoms with Gasteiger partial charge in [0.05, 0.1) is 17.1 Å². The molecule has 0 unspecified atom stereocenters. The van der Waals surface area contributed by atoms with Gasteiger partial charge in [0.15, 0.2) is 5.13 Å². The molecule has 0 bridgehead atoms. The number of aryl methyl sites for hydroxylation is 1. The largest absolute Gasteiger partial charge is 0.351 e. The second kappa shape index (κ2) is 8.30. The van der Waals surface area contributed by atoms with Gasteiger partial charge in [0.2, 0.25) is 0 Å². The number of urea groups is 1. The third-order valence-corrected chi connectivity index (χ3v) is 5.23. The van der Waals surface area contributed by atoms with Crippen molar-refractivity contribution >= 4 is 39.6 Å². The van der Waals surface area contributed by atoms with E-state index in [1.54, 1.807) is 30.6 Å². The highest BCUT2D eigenvalue weighted by Gasteiger charge is 2.17. The lowest BCUT2D eigenvalue weighted by atomic mass is 10.1. The molecule has 0 fully saturated rings. The number of carbonyl (C=O) groups excluding carboxylic acids is 1. The number of benzene rings is 2. The molecular formula is C22H18FN5OS. The maximum Gasteiger partial charge on any atom is 0.323 e. The highest BCUT2D eigenvalue weighted by atomic mass is 32.1. The van der Waals surface area contributed by atoms with Crippen molar-refractivity contribution in [3.63, 3.8) is 0 Å². The summed E-state index contributed by atoms with van der Waals surface area (Å²) in [5.74, 6) is -0.449. The van der Waals surface area contributed by atoms with Crippen LogP contribution in [0, 0.1) is 12.7 Å². The van der Waals surface area contributed by atoms with Gasteiger partial charge < -0.3 is 11.1 Å². The molecule has 0 aliphatic heterocycles. The number of amides is 2. The molecule has 0 atom stereocenters. The number of anilines is 4. The summed E-state index contributed by atoms with van der Waals surface area (Å²) in [6.45, 7) is 1.94. The highest BCUT2D eigenvalue weighted by Crippen LogP contribution is 2.33. The lowest BCUT2D eigenvalue weighted by Gasteiger charge is -2.22. The molecule has 4 aromatic rings. The van der Waals surface area contributed by atoms with E-state index in [2.05, 4.69) is 15.3 Å².